The topological polar surface area (TPSA) is 50.4 Å². The van der Waals surface area contributed by atoms with Gasteiger partial charge in [-0.1, -0.05) is 6.07 Å². The molecule has 1 fully saturated rings. The van der Waals surface area contributed by atoms with Gasteiger partial charge in [0.2, 0.25) is 5.91 Å². The average Bonchev–Trinajstić information content (AvgIpc) is 3.27. The molecule has 1 aromatic rings. The summed E-state index contributed by atoms with van der Waals surface area (Å²) in [5.41, 5.74) is 1.25. The molecule has 1 aromatic carbocycles. The molecular weight excluding hydrogens is 320 g/mol. The van der Waals surface area contributed by atoms with Crippen molar-refractivity contribution < 1.29 is 9.53 Å². The summed E-state index contributed by atoms with van der Waals surface area (Å²) in [6, 6.07) is 6.86. The summed E-state index contributed by atoms with van der Waals surface area (Å²) in [6.45, 7) is 1.45. The summed E-state index contributed by atoms with van der Waals surface area (Å²) >= 11 is 3.53. The van der Waals surface area contributed by atoms with E-state index in [-0.39, 0.29) is 5.91 Å². The van der Waals surface area contributed by atoms with Gasteiger partial charge in [0.1, 0.15) is 5.75 Å². The van der Waals surface area contributed by atoms with Gasteiger partial charge in [0.05, 0.1) is 11.1 Å². The lowest BCUT2D eigenvalue weighted by molar-refractivity contribution is -0.120. The highest BCUT2D eigenvalue weighted by Crippen LogP contribution is 2.27. The van der Waals surface area contributed by atoms with Crippen LogP contribution in [-0.2, 0) is 11.3 Å². The third kappa shape index (κ3) is 5.13. The lowest BCUT2D eigenvalue weighted by Gasteiger charge is -2.10. The van der Waals surface area contributed by atoms with Crippen LogP contribution in [0.1, 0.15) is 31.2 Å². The highest BCUT2D eigenvalue weighted by molar-refractivity contribution is 9.10. The molecular formula is C15H21BrN2O2. The smallest absolute Gasteiger partial charge is 0.219 e. The minimum Gasteiger partial charge on any atom is -0.492 e. The SMILES string of the molecule is CNC(=O)CCCOc1ccc(CNC2CC2)cc1Br. The highest BCUT2D eigenvalue weighted by atomic mass is 79.9. The van der Waals surface area contributed by atoms with Crippen LogP contribution in [0.3, 0.4) is 0 Å². The normalized spacial score (nSPS) is 14.1. The van der Waals surface area contributed by atoms with E-state index in [1.807, 2.05) is 6.07 Å². The molecule has 0 spiro atoms. The van der Waals surface area contributed by atoms with E-state index in [1.165, 1.54) is 18.4 Å². The fourth-order valence-corrected chi connectivity index (χ4v) is 2.40. The molecule has 0 heterocycles. The van der Waals surface area contributed by atoms with Crippen molar-refractivity contribution >= 4 is 21.8 Å². The molecule has 1 amide bonds. The van der Waals surface area contributed by atoms with Crippen LogP contribution in [0.4, 0.5) is 0 Å². The van der Waals surface area contributed by atoms with E-state index in [2.05, 4.69) is 38.7 Å². The predicted molar refractivity (Wildman–Crippen MR) is 82.8 cm³/mol. The van der Waals surface area contributed by atoms with Crippen molar-refractivity contribution in [3.63, 3.8) is 0 Å². The number of ether oxygens (including phenoxy) is 1. The first kappa shape index (κ1) is 15.3. The largest absolute Gasteiger partial charge is 0.492 e. The standard InChI is InChI=1S/C15H21BrN2O2/c1-17-15(19)3-2-8-20-14-7-4-11(9-13(14)16)10-18-12-5-6-12/h4,7,9,12,18H,2-3,5-6,8,10H2,1H3,(H,17,19). The van der Waals surface area contributed by atoms with Crippen LogP contribution in [0.25, 0.3) is 0 Å². The van der Waals surface area contributed by atoms with E-state index in [0.717, 1.165) is 29.2 Å². The number of carbonyl (C=O) groups excluding carboxylic acids is 1. The van der Waals surface area contributed by atoms with Crippen molar-refractivity contribution in [2.24, 2.45) is 0 Å². The summed E-state index contributed by atoms with van der Waals surface area (Å²) in [4.78, 5) is 11.1. The molecule has 1 aliphatic rings. The Bertz CT molecular complexity index is 461. The molecule has 0 aromatic heterocycles. The molecule has 5 heteroatoms. The van der Waals surface area contributed by atoms with Crippen LogP contribution >= 0.6 is 15.9 Å². The number of benzene rings is 1. The Labute approximate surface area is 128 Å². The zero-order valence-corrected chi connectivity index (χ0v) is 13.3. The van der Waals surface area contributed by atoms with Crippen molar-refractivity contribution in [1.82, 2.24) is 10.6 Å². The quantitative estimate of drug-likeness (QED) is 0.715. The molecule has 2 rings (SSSR count). The van der Waals surface area contributed by atoms with Crippen LogP contribution in [0.15, 0.2) is 22.7 Å². The number of nitrogens with one attached hydrogen (secondary N) is 2. The molecule has 4 nitrogen and oxygen atoms in total. The molecule has 1 aliphatic carbocycles. The molecule has 110 valence electrons. The van der Waals surface area contributed by atoms with Gasteiger partial charge in [-0.3, -0.25) is 4.79 Å². The summed E-state index contributed by atoms with van der Waals surface area (Å²) in [7, 11) is 1.65. The second-order valence-electron chi connectivity index (χ2n) is 5.05. The number of carbonyl (C=O) groups is 1. The number of amides is 1. The molecule has 0 radical (unpaired) electrons. The molecule has 0 atom stereocenters. The first-order valence-electron chi connectivity index (χ1n) is 7.04. The minimum atomic E-state index is 0.0502. The molecule has 0 saturated heterocycles. The van der Waals surface area contributed by atoms with Gasteiger partial charge in [-0.25, -0.2) is 0 Å². The van der Waals surface area contributed by atoms with E-state index in [4.69, 9.17) is 4.74 Å². The van der Waals surface area contributed by atoms with E-state index in [9.17, 15) is 4.79 Å². The van der Waals surface area contributed by atoms with Gasteiger partial charge in [0, 0.05) is 26.1 Å². The van der Waals surface area contributed by atoms with E-state index in [0.29, 0.717) is 13.0 Å². The number of rotatable bonds is 8. The second kappa shape index (κ2) is 7.64. The van der Waals surface area contributed by atoms with Gasteiger partial charge < -0.3 is 15.4 Å². The number of hydrogen-bond acceptors (Lipinski definition) is 3. The Hall–Kier alpha value is -1.07. The van der Waals surface area contributed by atoms with Crippen molar-refractivity contribution in [2.75, 3.05) is 13.7 Å². The van der Waals surface area contributed by atoms with Gasteiger partial charge >= 0.3 is 0 Å². The molecule has 2 N–H and O–H groups in total. The first-order valence-corrected chi connectivity index (χ1v) is 7.83. The Morgan fingerprint density at radius 2 is 2.25 bits per heavy atom. The van der Waals surface area contributed by atoms with Gasteiger partial charge in [-0.15, -0.1) is 0 Å². The Kier molecular flexibility index (Phi) is 5.86. The lowest BCUT2D eigenvalue weighted by atomic mass is 10.2. The van der Waals surface area contributed by atoms with E-state index >= 15 is 0 Å². The summed E-state index contributed by atoms with van der Waals surface area (Å²) in [5.74, 6) is 0.881. The predicted octanol–water partition coefficient (Wildman–Crippen LogP) is 2.61. The average molecular weight is 341 g/mol. The van der Waals surface area contributed by atoms with Crippen molar-refractivity contribution in [2.45, 2.75) is 38.3 Å². The van der Waals surface area contributed by atoms with Crippen molar-refractivity contribution in [3.05, 3.63) is 28.2 Å². The minimum absolute atomic E-state index is 0.0502. The van der Waals surface area contributed by atoms with Gasteiger partial charge in [0.25, 0.3) is 0 Å². The van der Waals surface area contributed by atoms with E-state index in [1.54, 1.807) is 7.05 Å². The number of halogens is 1. The molecule has 20 heavy (non-hydrogen) atoms. The maximum atomic E-state index is 11.1. The molecule has 1 saturated carbocycles. The van der Waals surface area contributed by atoms with Crippen LogP contribution < -0.4 is 15.4 Å². The monoisotopic (exact) mass is 340 g/mol. The van der Waals surface area contributed by atoms with Crippen LogP contribution in [0.2, 0.25) is 0 Å². The Balaban J connectivity index is 1.74. The third-order valence-corrected chi connectivity index (χ3v) is 3.87. The van der Waals surface area contributed by atoms with Crippen LogP contribution in [0.5, 0.6) is 5.75 Å². The summed E-state index contributed by atoms with van der Waals surface area (Å²) in [6.07, 6.45) is 3.82. The second-order valence-corrected chi connectivity index (χ2v) is 5.90. The zero-order valence-electron chi connectivity index (χ0n) is 11.7. The highest BCUT2D eigenvalue weighted by Gasteiger charge is 2.19. The van der Waals surface area contributed by atoms with Gasteiger partial charge in [0.15, 0.2) is 0 Å². The van der Waals surface area contributed by atoms with Crippen LogP contribution in [0, 0.1) is 0 Å². The zero-order chi connectivity index (χ0) is 14.4. The number of hydrogen-bond donors (Lipinski definition) is 2. The van der Waals surface area contributed by atoms with E-state index < -0.39 is 0 Å². The summed E-state index contributed by atoms with van der Waals surface area (Å²) in [5, 5.41) is 6.08. The maximum absolute atomic E-state index is 11.1. The Morgan fingerprint density at radius 3 is 2.90 bits per heavy atom. The maximum Gasteiger partial charge on any atom is 0.219 e. The van der Waals surface area contributed by atoms with Gasteiger partial charge in [-0.05, 0) is 52.9 Å². The first-order chi connectivity index (χ1) is 9.69. The van der Waals surface area contributed by atoms with Crippen LogP contribution in [-0.4, -0.2) is 25.6 Å². The van der Waals surface area contributed by atoms with Crippen molar-refractivity contribution in [3.8, 4) is 5.75 Å². The third-order valence-electron chi connectivity index (χ3n) is 3.25. The lowest BCUT2D eigenvalue weighted by Crippen LogP contribution is -2.18. The summed E-state index contributed by atoms with van der Waals surface area (Å²) < 4.78 is 6.64. The Morgan fingerprint density at radius 1 is 1.45 bits per heavy atom. The van der Waals surface area contributed by atoms with Gasteiger partial charge in [-0.2, -0.15) is 0 Å². The molecule has 0 unspecified atom stereocenters. The molecule has 0 bridgehead atoms. The fourth-order valence-electron chi connectivity index (χ4n) is 1.86. The molecule has 0 aliphatic heterocycles. The van der Waals surface area contributed by atoms with Crippen molar-refractivity contribution in [1.29, 1.82) is 0 Å². The fraction of sp³-hybridized carbons (Fsp3) is 0.533.